The summed E-state index contributed by atoms with van der Waals surface area (Å²) in [7, 11) is 0. The van der Waals surface area contributed by atoms with Gasteiger partial charge in [-0.3, -0.25) is 4.98 Å². The number of carbonyl (C=O) groups is 2. The average Bonchev–Trinajstić information content (AvgIpc) is 2.55. The maximum atomic E-state index is 12.0. The molecule has 0 saturated heterocycles. The van der Waals surface area contributed by atoms with Gasteiger partial charge in [-0.25, -0.2) is 9.59 Å². The molecule has 0 aliphatic rings. The largest absolute Gasteiger partial charge is 0.462 e. The molecule has 0 fully saturated rings. The van der Waals surface area contributed by atoms with Gasteiger partial charge < -0.3 is 9.47 Å². The normalized spacial score (nSPS) is 10.1. The molecule has 5 nitrogen and oxygen atoms in total. The number of rotatable bonds is 5. The molecule has 0 atom stereocenters. The Labute approximate surface area is 128 Å². The van der Waals surface area contributed by atoms with Crippen LogP contribution in [0.4, 0.5) is 0 Å². The molecule has 2 aromatic rings. The van der Waals surface area contributed by atoms with Crippen LogP contribution in [0.1, 0.15) is 34.6 Å². The van der Waals surface area contributed by atoms with Crippen molar-refractivity contribution >= 4 is 11.9 Å². The highest BCUT2D eigenvalue weighted by Crippen LogP contribution is 2.24. The second-order valence-corrected chi connectivity index (χ2v) is 4.44. The lowest BCUT2D eigenvalue weighted by Crippen LogP contribution is -2.07. The van der Waals surface area contributed by atoms with Crippen molar-refractivity contribution in [1.82, 2.24) is 4.98 Å². The Hall–Kier alpha value is -2.69. The molecule has 22 heavy (non-hydrogen) atoms. The van der Waals surface area contributed by atoms with Crippen LogP contribution >= 0.6 is 0 Å². The van der Waals surface area contributed by atoms with Gasteiger partial charge in [-0.15, -0.1) is 0 Å². The summed E-state index contributed by atoms with van der Waals surface area (Å²) in [5.41, 5.74) is 2.36. The number of ether oxygens (including phenoxy) is 2. The van der Waals surface area contributed by atoms with Gasteiger partial charge in [0, 0.05) is 18.0 Å². The zero-order valence-electron chi connectivity index (χ0n) is 12.5. The van der Waals surface area contributed by atoms with Gasteiger partial charge in [0.1, 0.15) is 0 Å². The summed E-state index contributed by atoms with van der Waals surface area (Å²) >= 11 is 0. The SMILES string of the molecule is CCOC(=O)c1ccc(-c2cnccc2C(=O)OCC)cc1. The lowest BCUT2D eigenvalue weighted by Gasteiger charge is -2.09. The van der Waals surface area contributed by atoms with Crippen LogP contribution in [0.2, 0.25) is 0 Å². The zero-order chi connectivity index (χ0) is 15.9. The topological polar surface area (TPSA) is 65.5 Å². The van der Waals surface area contributed by atoms with E-state index in [1.165, 1.54) is 0 Å². The minimum atomic E-state index is -0.394. The van der Waals surface area contributed by atoms with Gasteiger partial charge in [0.25, 0.3) is 0 Å². The highest BCUT2D eigenvalue weighted by atomic mass is 16.5. The van der Waals surface area contributed by atoms with Crippen LogP contribution < -0.4 is 0 Å². The van der Waals surface area contributed by atoms with E-state index in [-0.39, 0.29) is 5.97 Å². The fourth-order valence-electron chi connectivity index (χ4n) is 2.01. The van der Waals surface area contributed by atoms with E-state index in [0.29, 0.717) is 29.9 Å². The summed E-state index contributed by atoms with van der Waals surface area (Å²) in [6, 6.07) is 8.45. The number of hydrogen-bond acceptors (Lipinski definition) is 5. The molecule has 1 aromatic carbocycles. The van der Waals surface area contributed by atoms with Crippen molar-refractivity contribution in [3.8, 4) is 11.1 Å². The van der Waals surface area contributed by atoms with Crippen LogP contribution in [0.3, 0.4) is 0 Å². The maximum Gasteiger partial charge on any atom is 0.338 e. The average molecular weight is 299 g/mol. The maximum absolute atomic E-state index is 12.0. The number of pyridine rings is 1. The molecule has 0 unspecified atom stereocenters. The van der Waals surface area contributed by atoms with Crippen molar-refractivity contribution in [2.45, 2.75) is 13.8 Å². The molecule has 0 aliphatic carbocycles. The van der Waals surface area contributed by atoms with Gasteiger partial charge in [0.2, 0.25) is 0 Å². The summed E-state index contributed by atoms with van der Waals surface area (Å²) in [5, 5.41) is 0. The molecule has 0 saturated carbocycles. The molecule has 0 radical (unpaired) electrons. The Balaban J connectivity index is 2.33. The summed E-state index contributed by atoms with van der Waals surface area (Å²) in [6.45, 7) is 4.15. The van der Waals surface area contributed by atoms with Crippen molar-refractivity contribution < 1.29 is 19.1 Å². The number of esters is 2. The van der Waals surface area contributed by atoms with Gasteiger partial charge >= 0.3 is 11.9 Å². The van der Waals surface area contributed by atoms with Crippen LogP contribution in [-0.2, 0) is 9.47 Å². The van der Waals surface area contributed by atoms with E-state index in [0.717, 1.165) is 5.56 Å². The molecule has 2 rings (SSSR count). The first-order chi connectivity index (χ1) is 10.7. The molecule has 0 aliphatic heterocycles. The van der Waals surface area contributed by atoms with E-state index in [2.05, 4.69) is 4.98 Å². The third-order valence-electron chi connectivity index (χ3n) is 3.02. The first kappa shape index (κ1) is 15.7. The summed E-state index contributed by atoms with van der Waals surface area (Å²) in [6.07, 6.45) is 3.15. The number of carbonyl (C=O) groups excluding carboxylic acids is 2. The van der Waals surface area contributed by atoms with E-state index in [1.54, 1.807) is 56.6 Å². The third kappa shape index (κ3) is 3.49. The lowest BCUT2D eigenvalue weighted by molar-refractivity contribution is 0.0516. The molecular formula is C17H17NO4. The summed E-state index contributed by atoms with van der Waals surface area (Å²) < 4.78 is 9.99. The molecule has 1 heterocycles. The predicted molar refractivity (Wildman–Crippen MR) is 81.6 cm³/mol. The van der Waals surface area contributed by atoms with Crippen molar-refractivity contribution in [2.75, 3.05) is 13.2 Å². The Morgan fingerprint density at radius 2 is 1.59 bits per heavy atom. The molecule has 5 heteroatoms. The van der Waals surface area contributed by atoms with Gasteiger partial charge in [-0.05, 0) is 37.6 Å². The molecule has 0 amide bonds. The van der Waals surface area contributed by atoms with Crippen LogP contribution in [0.15, 0.2) is 42.7 Å². The second kappa shape index (κ2) is 7.36. The van der Waals surface area contributed by atoms with Gasteiger partial charge in [0.05, 0.1) is 24.3 Å². The lowest BCUT2D eigenvalue weighted by atomic mass is 10.0. The fourth-order valence-corrected chi connectivity index (χ4v) is 2.01. The molecule has 114 valence electrons. The third-order valence-corrected chi connectivity index (χ3v) is 3.02. The highest BCUT2D eigenvalue weighted by molar-refractivity contribution is 5.97. The van der Waals surface area contributed by atoms with Crippen LogP contribution in [0, 0.1) is 0 Å². The van der Waals surface area contributed by atoms with E-state index < -0.39 is 5.97 Å². The monoisotopic (exact) mass is 299 g/mol. The van der Waals surface area contributed by atoms with Crippen LogP contribution in [0.5, 0.6) is 0 Å². The molecular weight excluding hydrogens is 282 g/mol. The van der Waals surface area contributed by atoms with E-state index in [1.807, 2.05) is 0 Å². The molecule has 0 bridgehead atoms. The quantitative estimate of drug-likeness (QED) is 0.794. The number of hydrogen-bond donors (Lipinski definition) is 0. The Kier molecular flexibility index (Phi) is 5.25. The van der Waals surface area contributed by atoms with Crippen LogP contribution in [0.25, 0.3) is 11.1 Å². The van der Waals surface area contributed by atoms with E-state index in [4.69, 9.17) is 9.47 Å². The molecule has 0 N–H and O–H groups in total. The smallest absolute Gasteiger partial charge is 0.338 e. The first-order valence-electron chi connectivity index (χ1n) is 7.06. The predicted octanol–water partition coefficient (Wildman–Crippen LogP) is 3.10. The Morgan fingerprint density at radius 1 is 0.955 bits per heavy atom. The Bertz CT molecular complexity index is 665. The summed E-state index contributed by atoms with van der Waals surface area (Å²) in [5.74, 6) is -0.764. The van der Waals surface area contributed by atoms with Gasteiger partial charge in [0.15, 0.2) is 0 Å². The molecule has 0 spiro atoms. The van der Waals surface area contributed by atoms with Crippen molar-refractivity contribution in [3.63, 3.8) is 0 Å². The minimum absolute atomic E-state index is 0.308. The number of aromatic nitrogens is 1. The zero-order valence-corrected chi connectivity index (χ0v) is 12.5. The summed E-state index contributed by atoms with van der Waals surface area (Å²) in [4.78, 5) is 27.7. The van der Waals surface area contributed by atoms with Crippen molar-refractivity contribution in [3.05, 3.63) is 53.9 Å². The van der Waals surface area contributed by atoms with E-state index >= 15 is 0 Å². The second-order valence-electron chi connectivity index (χ2n) is 4.44. The number of benzene rings is 1. The van der Waals surface area contributed by atoms with Crippen molar-refractivity contribution in [2.24, 2.45) is 0 Å². The first-order valence-corrected chi connectivity index (χ1v) is 7.06. The highest BCUT2D eigenvalue weighted by Gasteiger charge is 2.14. The standard InChI is InChI=1S/C17H17NO4/c1-3-21-16(19)13-7-5-12(6-8-13)15-11-18-10-9-14(15)17(20)22-4-2/h5-11H,3-4H2,1-2H3. The fraction of sp³-hybridized carbons (Fsp3) is 0.235. The van der Waals surface area contributed by atoms with Gasteiger partial charge in [-0.2, -0.15) is 0 Å². The van der Waals surface area contributed by atoms with E-state index in [9.17, 15) is 9.59 Å². The van der Waals surface area contributed by atoms with Gasteiger partial charge in [-0.1, -0.05) is 12.1 Å². The van der Waals surface area contributed by atoms with Crippen LogP contribution in [-0.4, -0.2) is 30.1 Å². The molecule has 1 aromatic heterocycles. The van der Waals surface area contributed by atoms with Crippen molar-refractivity contribution in [1.29, 1.82) is 0 Å². The number of nitrogens with zero attached hydrogens (tertiary/aromatic N) is 1. The minimum Gasteiger partial charge on any atom is -0.462 e. The Morgan fingerprint density at radius 3 is 2.23 bits per heavy atom.